The van der Waals surface area contributed by atoms with Gasteiger partial charge >= 0.3 is 5.97 Å². The summed E-state index contributed by atoms with van der Waals surface area (Å²) >= 11 is 0. The number of benzene rings is 1. The number of aliphatic hydroxyl groups is 1. The second-order valence-corrected chi connectivity index (χ2v) is 3.13. The van der Waals surface area contributed by atoms with Crippen molar-refractivity contribution in [2.24, 2.45) is 0 Å². The second kappa shape index (κ2) is 5.52. The van der Waals surface area contributed by atoms with E-state index in [1.807, 2.05) is 0 Å². The van der Waals surface area contributed by atoms with Gasteiger partial charge in [-0.15, -0.1) is 0 Å². The minimum absolute atomic E-state index is 0.00274. The fourth-order valence-electron chi connectivity index (χ4n) is 1.13. The van der Waals surface area contributed by atoms with Gasteiger partial charge in [-0.2, -0.15) is 0 Å². The Balaban J connectivity index is 3.22. The predicted octanol–water partition coefficient (Wildman–Crippen LogP) is 2.71. The first-order chi connectivity index (χ1) is 8.38. The monoisotopic (exact) mass is 264 g/mol. The van der Waals surface area contributed by atoms with Crippen LogP contribution in [0.2, 0.25) is 0 Å². The van der Waals surface area contributed by atoms with Crippen LogP contribution in [0, 0.1) is 23.3 Å². The maximum atomic E-state index is 13.2. The molecule has 0 aliphatic heterocycles. The van der Waals surface area contributed by atoms with Gasteiger partial charge < -0.3 is 9.84 Å². The number of halogens is 4. The first-order valence-electron chi connectivity index (χ1n) is 4.79. The van der Waals surface area contributed by atoms with Crippen molar-refractivity contribution in [3.05, 3.63) is 41.0 Å². The van der Waals surface area contributed by atoms with Crippen molar-refractivity contribution in [3.63, 3.8) is 0 Å². The van der Waals surface area contributed by atoms with Gasteiger partial charge in [-0.25, -0.2) is 22.4 Å². The molecule has 0 unspecified atom stereocenters. The van der Waals surface area contributed by atoms with E-state index in [0.29, 0.717) is 6.08 Å². The van der Waals surface area contributed by atoms with E-state index in [1.54, 1.807) is 0 Å². The molecular formula is C11H8F4O3. The molecule has 98 valence electrons. The fraction of sp³-hybridized carbons (Fsp3) is 0.182. The van der Waals surface area contributed by atoms with Crippen molar-refractivity contribution in [2.75, 3.05) is 6.61 Å². The van der Waals surface area contributed by atoms with Crippen molar-refractivity contribution in [1.82, 2.24) is 0 Å². The molecule has 1 aromatic carbocycles. The molecule has 18 heavy (non-hydrogen) atoms. The first kappa shape index (κ1) is 14.0. The molecule has 1 N–H and O–H groups in total. The van der Waals surface area contributed by atoms with Crippen molar-refractivity contribution < 1.29 is 32.2 Å². The lowest BCUT2D eigenvalue weighted by Gasteiger charge is -2.05. The van der Waals surface area contributed by atoms with E-state index in [4.69, 9.17) is 0 Å². The second-order valence-electron chi connectivity index (χ2n) is 3.13. The van der Waals surface area contributed by atoms with E-state index >= 15 is 0 Å². The molecule has 7 heteroatoms. The number of esters is 1. The quantitative estimate of drug-likeness (QED) is 0.228. The Morgan fingerprint density at radius 3 is 2.44 bits per heavy atom. The third-order valence-corrected chi connectivity index (χ3v) is 1.92. The molecule has 0 bridgehead atoms. The van der Waals surface area contributed by atoms with Crippen molar-refractivity contribution in [1.29, 1.82) is 0 Å². The van der Waals surface area contributed by atoms with Gasteiger partial charge in [0.1, 0.15) is 5.76 Å². The molecule has 0 saturated heterocycles. The summed E-state index contributed by atoms with van der Waals surface area (Å²) in [5.41, 5.74) is -0.973. The normalized spacial score (nSPS) is 11.5. The highest BCUT2D eigenvalue weighted by Gasteiger charge is 2.21. The van der Waals surface area contributed by atoms with Gasteiger partial charge in [0.2, 0.25) is 0 Å². The topological polar surface area (TPSA) is 46.5 Å². The van der Waals surface area contributed by atoms with Crippen LogP contribution in [0.3, 0.4) is 0 Å². The molecule has 0 atom stereocenters. The van der Waals surface area contributed by atoms with Crippen LogP contribution >= 0.6 is 0 Å². The molecule has 1 aromatic rings. The molecule has 0 aliphatic rings. The highest BCUT2D eigenvalue weighted by molar-refractivity contribution is 5.89. The maximum Gasteiger partial charge on any atom is 0.334 e. The summed E-state index contributed by atoms with van der Waals surface area (Å²) in [5, 5.41) is 9.30. The van der Waals surface area contributed by atoms with Gasteiger partial charge in [-0.1, -0.05) is 0 Å². The number of rotatable bonds is 3. The molecular weight excluding hydrogens is 256 g/mol. The zero-order chi connectivity index (χ0) is 13.9. The molecule has 0 heterocycles. The number of aliphatic hydroxyl groups excluding tert-OH is 1. The molecule has 3 nitrogen and oxygen atoms in total. The Morgan fingerprint density at radius 2 is 1.89 bits per heavy atom. The number of ether oxygens (including phenoxy) is 1. The minimum Gasteiger partial charge on any atom is -0.507 e. The lowest BCUT2D eigenvalue weighted by atomic mass is 10.1. The van der Waals surface area contributed by atoms with E-state index in [0.717, 1.165) is 0 Å². The van der Waals surface area contributed by atoms with Gasteiger partial charge in [0, 0.05) is 0 Å². The smallest absolute Gasteiger partial charge is 0.334 e. The van der Waals surface area contributed by atoms with Gasteiger partial charge in [-0.05, 0) is 13.0 Å². The number of carbonyl (C=O) groups excluding carboxylic acids is 1. The molecule has 0 aromatic heterocycles. The van der Waals surface area contributed by atoms with Gasteiger partial charge in [0.25, 0.3) is 0 Å². The van der Waals surface area contributed by atoms with Crippen LogP contribution in [0.4, 0.5) is 17.6 Å². The summed E-state index contributed by atoms with van der Waals surface area (Å²) in [6.45, 7) is 1.48. The predicted molar refractivity (Wildman–Crippen MR) is 53.5 cm³/mol. The molecule has 0 radical (unpaired) electrons. The summed E-state index contributed by atoms with van der Waals surface area (Å²) in [6, 6.07) is 0.235. The average Bonchev–Trinajstić information content (AvgIpc) is 2.31. The Morgan fingerprint density at radius 1 is 1.28 bits per heavy atom. The van der Waals surface area contributed by atoms with Crippen LogP contribution < -0.4 is 0 Å². The third kappa shape index (κ3) is 2.79. The summed E-state index contributed by atoms with van der Waals surface area (Å²) < 4.78 is 55.9. The Labute approximate surface area is 99.3 Å². The van der Waals surface area contributed by atoms with E-state index in [9.17, 15) is 27.5 Å². The van der Waals surface area contributed by atoms with E-state index in [-0.39, 0.29) is 12.7 Å². The lowest BCUT2D eigenvalue weighted by molar-refractivity contribution is -0.137. The van der Waals surface area contributed by atoms with Crippen LogP contribution in [-0.4, -0.2) is 17.7 Å². The van der Waals surface area contributed by atoms with Gasteiger partial charge in [0.15, 0.2) is 23.3 Å². The van der Waals surface area contributed by atoms with Crippen molar-refractivity contribution in [3.8, 4) is 0 Å². The zero-order valence-corrected chi connectivity index (χ0v) is 9.14. The molecule has 0 spiro atoms. The SMILES string of the molecule is CCOC(=O)/C=C(\O)c1cc(F)c(F)c(F)c1F. The number of hydrogen-bond acceptors (Lipinski definition) is 3. The fourth-order valence-corrected chi connectivity index (χ4v) is 1.13. The van der Waals surface area contributed by atoms with Crippen LogP contribution in [0.25, 0.3) is 5.76 Å². The lowest BCUT2D eigenvalue weighted by Crippen LogP contribution is -2.04. The number of hydrogen-bond donors (Lipinski definition) is 1. The Hall–Kier alpha value is -2.05. The maximum absolute atomic E-state index is 13.2. The Kier molecular flexibility index (Phi) is 4.30. The van der Waals surface area contributed by atoms with Crippen LogP contribution in [0.1, 0.15) is 12.5 Å². The largest absolute Gasteiger partial charge is 0.507 e. The molecule has 0 amide bonds. The van der Waals surface area contributed by atoms with E-state index in [1.165, 1.54) is 6.92 Å². The molecule has 1 rings (SSSR count). The summed E-state index contributed by atoms with van der Waals surface area (Å²) in [7, 11) is 0. The van der Waals surface area contributed by atoms with E-state index < -0.39 is 40.6 Å². The molecule has 0 aliphatic carbocycles. The Bertz CT molecular complexity index is 512. The van der Waals surface area contributed by atoms with Crippen molar-refractivity contribution in [2.45, 2.75) is 6.92 Å². The summed E-state index contributed by atoms with van der Waals surface area (Å²) in [6.07, 6.45) is 0.429. The van der Waals surface area contributed by atoms with Crippen LogP contribution in [0.5, 0.6) is 0 Å². The third-order valence-electron chi connectivity index (χ3n) is 1.92. The standard InChI is InChI=1S/C11H8F4O3/c1-2-18-8(17)4-7(16)5-3-6(12)10(14)11(15)9(5)13/h3-4,16H,2H2,1H3/b7-4-. The highest BCUT2D eigenvalue weighted by atomic mass is 19.2. The molecule has 0 fully saturated rings. The number of carbonyl (C=O) groups is 1. The van der Waals surface area contributed by atoms with E-state index in [2.05, 4.69) is 4.74 Å². The highest BCUT2D eigenvalue weighted by Crippen LogP contribution is 2.23. The summed E-state index contributed by atoms with van der Waals surface area (Å²) in [4.78, 5) is 10.9. The average molecular weight is 264 g/mol. The summed E-state index contributed by atoms with van der Waals surface area (Å²) in [5.74, 6) is -9.66. The molecule has 0 saturated carbocycles. The zero-order valence-electron chi connectivity index (χ0n) is 9.14. The van der Waals surface area contributed by atoms with Crippen LogP contribution in [0.15, 0.2) is 12.1 Å². The van der Waals surface area contributed by atoms with Gasteiger partial charge in [0.05, 0.1) is 18.2 Å². The van der Waals surface area contributed by atoms with Gasteiger partial charge in [-0.3, -0.25) is 0 Å². The minimum atomic E-state index is -2.08. The first-order valence-corrected chi connectivity index (χ1v) is 4.79. The van der Waals surface area contributed by atoms with Crippen molar-refractivity contribution >= 4 is 11.7 Å². The van der Waals surface area contributed by atoms with Crippen LogP contribution in [-0.2, 0) is 9.53 Å².